The van der Waals surface area contributed by atoms with Crippen molar-refractivity contribution in [1.82, 2.24) is 19.8 Å². The topological polar surface area (TPSA) is 71.2 Å². The Morgan fingerprint density at radius 2 is 1.65 bits per heavy atom. The molecule has 0 bridgehead atoms. The standard InChI is InChI=1S/C23H21FN4O3/c1-15-8-6-11-19(28-23(29)27(2)25-26-28)18(15)14-31-21-13-7-10-17(22(21)24)16-9-4-5-12-20(16)30-3/h4-13H,14H2,1-3H3. The van der Waals surface area contributed by atoms with Crippen LogP contribution in [0.4, 0.5) is 4.39 Å². The quantitative estimate of drug-likeness (QED) is 0.476. The summed E-state index contributed by atoms with van der Waals surface area (Å²) in [6.07, 6.45) is 0. The minimum atomic E-state index is -0.487. The summed E-state index contributed by atoms with van der Waals surface area (Å²) in [5.74, 6) is 0.185. The number of benzene rings is 3. The van der Waals surface area contributed by atoms with Gasteiger partial charge in [-0.15, -0.1) is 0 Å². The van der Waals surface area contributed by atoms with Crippen molar-refractivity contribution < 1.29 is 13.9 Å². The van der Waals surface area contributed by atoms with E-state index in [1.807, 2.05) is 31.2 Å². The molecule has 0 saturated heterocycles. The van der Waals surface area contributed by atoms with Crippen molar-refractivity contribution in [2.24, 2.45) is 7.05 Å². The van der Waals surface area contributed by atoms with E-state index in [0.29, 0.717) is 28.1 Å². The monoisotopic (exact) mass is 420 g/mol. The van der Waals surface area contributed by atoms with Gasteiger partial charge in [0, 0.05) is 23.7 Å². The number of tetrazole rings is 1. The number of methoxy groups -OCH3 is 1. The SMILES string of the molecule is COc1ccccc1-c1cccc(OCc2c(C)cccc2-n2nnn(C)c2=O)c1F. The van der Waals surface area contributed by atoms with Crippen LogP contribution in [0.15, 0.2) is 65.5 Å². The van der Waals surface area contributed by atoms with E-state index in [9.17, 15) is 4.79 Å². The Hall–Kier alpha value is -3.94. The van der Waals surface area contributed by atoms with Gasteiger partial charge in [0.05, 0.1) is 12.8 Å². The van der Waals surface area contributed by atoms with Gasteiger partial charge in [0.25, 0.3) is 0 Å². The molecular weight excluding hydrogens is 399 g/mol. The van der Waals surface area contributed by atoms with E-state index in [4.69, 9.17) is 9.47 Å². The second-order valence-electron chi connectivity index (χ2n) is 6.98. The van der Waals surface area contributed by atoms with E-state index >= 15 is 4.39 Å². The third-order valence-electron chi connectivity index (χ3n) is 5.07. The van der Waals surface area contributed by atoms with Crippen LogP contribution in [0.1, 0.15) is 11.1 Å². The Morgan fingerprint density at radius 1 is 0.935 bits per heavy atom. The molecule has 7 nitrogen and oxygen atoms in total. The number of ether oxygens (including phenoxy) is 2. The minimum absolute atomic E-state index is 0.0529. The Balaban J connectivity index is 1.69. The molecule has 31 heavy (non-hydrogen) atoms. The van der Waals surface area contributed by atoms with E-state index in [1.54, 1.807) is 43.5 Å². The van der Waals surface area contributed by atoms with Crippen LogP contribution in [-0.4, -0.2) is 26.9 Å². The number of nitrogens with zero attached hydrogens (tertiary/aromatic N) is 4. The summed E-state index contributed by atoms with van der Waals surface area (Å²) < 4.78 is 28.9. The fourth-order valence-electron chi connectivity index (χ4n) is 3.39. The van der Waals surface area contributed by atoms with Gasteiger partial charge < -0.3 is 9.47 Å². The van der Waals surface area contributed by atoms with Crippen LogP contribution in [0.2, 0.25) is 0 Å². The van der Waals surface area contributed by atoms with E-state index in [1.165, 1.54) is 11.7 Å². The first kappa shape index (κ1) is 20.3. The summed E-state index contributed by atoms with van der Waals surface area (Å²) in [6.45, 7) is 1.95. The molecule has 0 saturated carbocycles. The highest BCUT2D eigenvalue weighted by Crippen LogP contribution is 2.35. The molecule has 0 radical (unpaired) electrons. The lowest BCUT2D eigenvalue weighted by Gasteiger charge is -2.15. The first-order valence-electron chi connectivity index (χ1n) is 9.64. The van der Waals surface area contributed by atoms with Crippen LogP contribution in [0.5, 0.6) is 11.5 Å². The van der Waals surface area contributed by atoms with E-state index in [-0.39, 0.29) is 18.0 Å². The summed E-state index contributed by atoms with van der Waals surface area (Å²) in [4.78, 5) is 12.3. The maximum atomic E-state index is 15.3. The first-order valence-corrected chi connectivity index (χ1v) is 9.64. The van der Waals surface area contributed by atoms with Gasteiger partial charge in [-0.05, 0) is 41.1 Å². The first-order chi connectivity index (χ1) is 15.0. The molecule has 4 rings (SSSR count). The zero-order valence-electron chi connectivity index (χ0n) is 17.4. The Kier molecular flexibility index (Phi) is 5.53. The maximum Gasteiger partial charge on any atom is 0.368 e. The van der Waals surface area contributed by atoms with Crippen molar-refractivity contribution in [3.63, 3.8) is 0 Å². The average Bonchev–Trinajstić information content (AvgIpc) is 3.12. The van der Waals surface area contributed by atoms with Crippen LogP contribution in [0.25, 0.3) is 16.8 Å². The molecule has 8 heteroatoms. The smallest absolute Gasteiger partial charge is 0.368 e. The number of aromatic nitrogens is 4. The predicted octanol–water partition coefficient (Wildman–Crippen LogP) is 3.67. The largest absolute Gasteiger partial charge is 0.496 e. The molecule has 4 aromatic rings. The Bertz CT molecular complexity index is 1300. The van der Waals surface area contributed by atoms with E-state index < -0.39 is 5.82 Å². The molecule has 1 aromatic heterocycles. The van der Waals surface area contributed by atoms with Gasteiger partial charge in [0.15, 0.2) is 11.6 Å². The molecule has 0 aliphatic heterocycles. The van der Waals surface area contributed by atoms with Crippen molar-refractivity contribution in [1.29, 1.82) is 0 Å². The van der Waals surface area contributed by atoms with Gasteiger partial charge in [-0.2, -0.15) is 9.36 Å². The lowest BCUT2D eigenvalue weighted by molar-refractivity contribution is 0.289. The van der Waals surface area contributed by atoms with E-state index in [2.05, 4.69) is 10.4 Å². The minimum Gasteiger partial charge on any atom is -0.496 e. The number of halogens is 1. The summed E-state index contributed by atoms with van der Waals surface area (Å²) in [6, 6.07) is 17.7. The van der Waals surface area contributed by atoms with Gasteiger partial charge in [-0.1, -0.05) is 42.5 Å². The summed E-state index contributed by atoms with van der Waals surface area (Å²) in [7, 11) is 3.07. The third-order valence-corrected chi connectivity index (χ3v) is 5.07. The Labute approximate surface area is 178 Å². The van der Waals surface area contributed by atoms with Gasteiger partial charge in [-0.25, -0.2) is 9.18 Å². The zero-order chi connectivity index (χ0) is 22.0. The highest BCUT2D eigenvalue weighted by molar-refractivity contribution is 5.72. The van der Waals surface area contributed by atoms with Gasteiger partial charge >= 0.3 is 5.69 Å². The molecule has 0 aliphatic rings. The molecule has 0 spiro atoms. The van der Waals surface area contributed by atoms with Gasteiger partial charge in [0.2, 0.25) is 0 Å². The van der Waals surface area contributed by atoms with Crippen molar-refractivity contribution in [3.05, 3.63) is 88.1 Å². The summed E-state index contributed by atoms with van der Waals surface area (Å²) >= 11 is 0. The van der Waals surface area contributed by atoms with Crippen LogP contribution in [0.3, 0.4) is 0 Å². The van der Waals surface area contributed by atoms with Crippen molar-refractivity contribution in [2.45, 2.75) is 13.5 Å². The second-order valence-corrected chi connectivity index (χ2v) is 6.98. The maximum absolute atomic E-state index is 15.3. The summed E-state index contributed by atoms with van der Waals surface area (Å²) in [5, 5.41) is 7.67. The molecule has 0 N–H and O–H groups in total. The number of aryl methyl sites for hydroxylation is 2. The van der Waals surface area contributed by atoms with Crippen molar-refractivity contribution >= 4 is 0 Å². The number of hydrogen-bond donors (Lipinski definition) is 0. The molecule has 3 aromatic carbocycles. The fourth-order valence-corrected chi connectivity index (χ4v) is 3.39. The highest BCUT2D eigenvalue weighted by Gasteiger charge is 2.17. The average molecular weight is 420 g/mol. The van der Waals surface area contributed by atoms with Crippen LogP contribution >= 0.6 is 0 Å². The predicted molar refractivity (Wildman–Crippen MR) is 114 cm³/mol. The number of para-hydroxylation sites is 1. The number of rotatable bonds is 6. The highest BCUT2D eigenvalue weighted by atomic mass is 19.1. The molecule has 0 unspecified atom stereocenters. The molecule has 0 atom stereocenters. The summed E-state index contributed by atoms with van der Waals surface area (Å²) in [5.41, 5.74) is 2.78. The normalized spacial score (nSPS) is 10.8. The van der Waals surface area contributed by atoms with Crippen LogP contribution in [-0.2, 0) is 13.7 Å². The van der Waals surface area contributed by atoms with Crippen LogP contribution < -0.4 is 15.2 Å². The van der Waals surface area contributed by atoms with Crippen LogP contribution in [0, 0.1) is 12.7 Å². The van der Waals surface area contributed by atoms with E-state index in [0.717, 1.165) is 10.2 Å². The lowest BCUT2D eigenvalue weighted by Crippen LogP contribution is -2.23. The molecular formula is C23H21FN4O3. The van der Waals surface area contributed by atoms with Crippen molar-refractivity contribution in [3.8, 4) is 28.3 Å². The van der Waals surface area contributed by atoms with Crippen molar-refractivity contribution in [2.75, 3.05) is 7.11 Å². The third kappa shape index (κ3) is 3.79. The second kappa shape index (κ2) is 8.43. The van der Waals surface area contributed by atoms with Gasteiger partial charge in [0.1, 0.15) is 12.4 Å². The van der Waals surface area contributed by atoms with Gasteiger partial charge in [-0.3, -0.25) is 0 Å². The number of hydrogen-bond acceptors (Lipinski definition) is 5. The molecule has 0 fully saturated rings. The molecule has 1 heterocycles. The Morgan fingerprint density at radius 3 is 2.39 bits per heavy atom. The lowest BCUT2D eigenvalue weighted by atomic mass is 10.0. The molecule has 0 amide bonds. The molecule has 0 aliphatic carbocycles. The fraction of sp³-hybridized carbons (Fsp3) is 0.174. The zero-order valence-corrected chi connectivity index (χ0v) is 17.4. The molecule has 158 valence electrons.